The van der Waals surface area contributed by atoms with Gasteiger partial charge in [0.05, 0.1) is 11.6 Å². The maximum atomic E-state index is 13.3. The number of nitrogen functional groups attached to an aromatic ring is 1. The van der Waals surface area contributed by atoms with Crippen LogP contribution in [0.1, 0.15) is 30.3 Å². The highest BCUT2D eigenvalue weighted by atomic mass is 32.1. The second-order valence-electron chi connectivity index (χ2n) is 9.89. The van der Waals surface area contributed by atoms with Gasteiger partial charge >= 0.3 is 5.69 Å². The van der Waals surface area contributed by atoms with Crippen LogP contribution >= 0.6 is 11.3 Å². The first-order valence-electron chi connectivity index (χ1n) is 12.7. The smallest absolute Gasteiger partial charge is 0.329 e. The molecular weight excluding hydrogens is 482 g/mol. The highest BCUT2D eigenvalue weighted by Gasteiger charge is 2.32. The van der Waals surface area contributed by atoms with Gasteiger partial charge in [-0.1, -0.05) is 62.4 Å². The summed E-state index contributed by atoms with van der Waals surface area (Å²) in [7, 11) is 0. The van der Waals surface area contributed by atoms with Crippen LogP contribution in [0.15, 0.2) is 82.4 Å². The van der Waals surface area contributed by atoms with E-state index in [-0.39, 0.29) is 17.8 Å². The average Bonchev–Trinajstić information content (AvgIpc) is 3.40. The van der Waals surface area contributed by atoms with Crippen molar-refractivity contribution in [2.24, 2.45) is 5.92 Å². The number of hydrogen-bond acceptors (Lipinski definition) is 6. The van der Waals surface area contributed by atoms with E-state index in [0.717, 1.165) is 41.5 Å². The van der Waals surface area contributed by atoms with Gasteiger partial charge in [0.1, 0.15) is 5.82 Å². The van der Waals surface area contributed by atoms with Crippen LogP contribution in [0, 0.1) is 5.92 Å². The van der Waals surface area contributed by atoms with Gasteiger partial charge in [-0.05, 0) is 35.7 Å². The van der Waals surface area contributed by atoms with Crippen molar-refractivity contribution in [1.29, 1.82) is 0 Å². The van der Waals surface area contributed by atoms with Crippen LogP contribution in [0.2, 0.25) is 0 Å². The van der Waals surface area contributed by atoms with E-state index in [1.54, 1.807) is 11.3 Å². The molecule has 4 aromatic rings. The molecule has 0 radical (unpaired) electrons. The Hall–Kier alpha value is -3.62. The summed E-state index contributed by atoms with van der Waals surface area (Å²) < 4.78 is 1.51. The molecule has 0 aliphatic carbocycles. The standard InChI is InChI=1S/C29H33N5O2S/c1-20(2)19-34-27(30)25(28(35)31-29(34)36)26(24-14-13-23(37-24)21-9-5-3-6-10-21)33-17-15-32(16-18-33)22-11-7-4-8-12-22/h3-14,20,26H,15-19,30H2,1-2H3,(H,31,35,36)/t26-/m1/s1. The Morgan fingerprint density at radius 1 is 0.892 bits per heavy atom. The number of hydrogen-bond donors (Lipinski definition) is 2. The zero-order chi connectivity index (χ0) is 25.9. The highest BCUT2D eigenvalue weighted by molar-refractivity contribution is 7.15. The van der Waals surface area contributed by atoms with E-state index < -0.39 is 11.2 Å². The third kappa shape index (κ3) is 5.26. The van der Waals surface area contributed by atoms with E-state index in [4.69, 9.17) is 5.73 Å². The largest absolute Gasteiger partial charge is 0.385 e. The lowest BCUT2D eigenvalue weighted by Gasteiger charge is -2.40. The van der Waals surface area contributed by atoms with Gasteiger partial charge in [0, 0.05) is 48.2 Å². The van der Waals surface area contributed by atoms with E-state index in [9.17, 15) is 9.59 Å². The Morgan fingerprint density at radius 3 is 2.19 bits per heavy atom. The maximum absolute atomic E-state index is 13.3. The predicted octanol–water partition coefficient (Wildman–Crippen LogP) is 4.41. The van der Waals surface area contributed by atoms with Gasteiger partial charge < -0.3 is 10.6 Å². The van der Waals surface area contributed by atoms with Gasteiger partial charge in [0.2, 0.25) is 0 Å². The quantitative estimate of drug-likeness (QED) is 0.381. The Bertz CT molecular complexity index is 1450. The van der Waals surface area contributed by atoms with Gasteiger partial charge in [-0.25, -0.2) is 4.79 Å². The van der Waals surface area contributed by atoms with Gasteiger partial charge in [0.25, 0.3) is 5.56 Å². The van der Waals surface area contributed by atoms with Crippen molar-refractivity contribution in [3.05, 3.63) is 104 Å². The molecule has 1 fully saturated rings. The lowest BCUT2D eigenvalue weighted by molar-refractivity contribution is 0.213. The van der Waals surface area contributed by atoms with E-state index in [1.165, 1.54) is 10.3 Å². The molecule has 0 amide bonds. The first-order valence-corrected chi connectivity index (χ1v) is 13.6. The summed E-state index contributed by atoms with van der Waals surface area (Å²) in [6.45, 7) is 7.70. The molecule has 3 heterocycles. The minimum atomic E-state index is -0.455. The molecule has 0 bridgehead atoms. The summed E-state index contributed by atoms with van der Waals surface area (Å²) in [5, 5.41) is 0. The van der Waals surface area contributed by atoms with Crippen LogP contribution in [0.3, 0.4) is 0 Å². The zero-order valence-corrected chi connectivity index (χ0v) is 22.1. The lowest BCUT2D eigenvalue weighted by atomic mass is 10.0. The normalized spacial score (nSPS) is 15.3. The summed E-state index contributed by atoms with van der Waals surface area (Å²) in [4.78, 5) is 35.4. The SMILES string of the molecule is CC(C)Cn1c(N)c([C@@H](c2ccc(-c3ccccc3)s2)N2CCN(c3ccccc3)CC2)c(=O)[nH]c1=O. The topological polar surface area (TPSA) is 87.4 Å². The molecule has 1 aliphatic rings. The minimum absolute atomic E-state index is 0.207. The van der Waals surface area contributed by atoms with Crippen molar-refractivity contribution in [1.82, 2.24) is 14.5 Å². The highest BCUT2D eigenvalue weighted by Crippen LogP contribution is 2.38. The van der Waals surface area contributed by atoms with Crippen molar-refractivity contribution in [2.75, 3.05) is 36.8 Å². The second-order valence-corrected chi connectivity index (χ2v) is 11.0. The fraction of sp³-hybridized carbons (Fsp3) is 0.310. The minimum Gasteiger partial charge on any atom is -0.385 e. The summed E-state index contributed by atoms with van der Waals surface area (Å²) in [6, 6.07) is 24.5. The number of nitrogens with zero attached hydrogens (tertiary/aromatic N) is 3. The van der Waals surface area contributed by atoms with Gasteiger partial charge in [-0.2, -0.15) is 0 Å². The van der Waals surface area contributed by atoms with Crippen LogP contribution in [0.25, 0.3) is 10.4 Å². The molecule has 0 unspecified atom stereocenters. The molecule has 7 nitrogen and oxygen atoms in total. The van der Waals surface area contributed by atoms with E-state index in [1.807, 2.05) is 38.1 Å². The Labute approximate surface area is 220 Å². The number of aromatic amines is 1. The molecule has 1 saturated heterocycles. The summed E-state index contributed by atoms with van der Waals surface area (Å²) in [6.07, 6.45) is 0. The summed E-state index contributed by atoms with van der Waals surface area (Å²) >= 11 is 1.67. The number of nitrogens with one attached hydrogen (secondary N) is 1. The van der Waals surface area contributed by atoms with Crippen molar-refractivity contribution < 1.29 is 0 Å². The number of nitrogens with two attached hydrogens (primary N) is 1. The van der Waals surface area contributed by atoms with Crippen molar-refractivity contribution in [3.8, 4) is 10.4 Å². The zero-order valence-electron chi connectivity index (χ0n) is 21.3. The van der Waals surface area contributed by atoms with Crippen molar-refractivity contribution in [3.63, 3.8) is 0 Å². The van der Waals surface area contributed by atoms with E-state index >= 15 is 0 Å². The van der Waals surface area contributed by atoms with Crippen molar-refractivity contribution >= 4 is 22.8 Å². The molecular formula is C29H33N5O2S. The monoisotopic (exact) mass is 515 g/mol. The number of aromatic nitrogens is 2. The number of anilines is 2. The number of piperazine rings is 1. The molecule has 37 heavy (non-hydrogen) atoms. The molecule has 2 aromatic carbocycles. The number of benzene rings is 2. The first-order chi connectivity index (χ1) is 17.9. The maximum Gasteiger partial charge on any atom is 0.329 e. The molecule has 1 atom stereocenters. The number of rotatable bonds is 7. The number of para-hydroxylation sites is 1. The van der Waals surface area contributed by atoms with E-state index in [2.05, 4.69) is 63.3 Å². The van der Waals surface area contributed by atoms with Gasteiger partial charge in [0.15, 0.2) is 0 Å². The van der Waals surface area contributed by atoms with Crippen LogP contribution in [0.4, 0.5) is 11.5 Å². The molecule has 1 aliphatic heterocycles. The first kappa shape index (κ1) is 25.0. The molecule has 3 N–H and O–H groups in total. The van der Waals surface area contributed by atoms with Crippen LogP contribution < -0.4 is 21.9 Å². The fourth-order valence-corrected chi connectivity index (χ4v) is 6.21. The van der Waals surface area contributed by atoms with Crippen molar-refractivity contribution in [2.45, 2.75) is 26.4 Å². The van der Waals surface area contributed by atoms with Crippen LogP contribution in [-0.4, -0.2) is 40.6 Å². The fourth-order valence-electron chi connectivity index (χ4n) is 5.05. The van der Waals surface area contributed by atoms with Gasteiger partial charge in [-0.15, -0.1) is 11.3 Å². The number of H-pyrrole nitrogens is 1. The van der Waals surface area contributed by atoms with Crippen LogP contribution in [-0.2, 0) is 6.54 Å². The Morgan fingerprint density at radius 2 is 1.54 bits per heavy atom. The Kier molecular flexibility index (Phi) is 7.30. The molecule has 2 aromatic heterocycles. The predicted molar refractivity (Wildman–Crippen MR) is 152 cm³/mol. The van der Waals surface area contributed by atoms with Gasteiger partial charge in [-0.3, -0.25) is 19.2 Å². The molecule has 8 heteroatoms. The van der Waals surface area contributed by atoms with E-state index in [0.29, 0.717) is 12.1 Å². The lowest BCUT2D eigenvalue weighted by Crippen LogP contribution is -2.49. The summed E-state index contributed by atoms with van der Waals surface area (Å²) in [5.74, 6) is 0.464. The molecule has 0 spiro atoms. The third-order valence-electron chi connectivity index (χ3n) is 6.85. The summed E-state index contributed by atoms with van der Waals surface area (Å²) in [5.41, 5.74) is 8.55. The third-order valence-corrected chi connectivity index (χ3v) is 8.04. The molecule has 5 rings (SSSR count). The molecule has 192 valence electrons. The van der Waals surface area contributed by atoms with Crippen LogP contribution in [0.5, 0.6) is 0 Å². The number of thiophene rings is 1. The average molecular weight is 516 g/mol. The Balaban J connectivity index is 1.56. The second kappa shape index (κ2) is 10.8. The molecule has 0 saturated carbocycles.